The SMILES string of the molecule is COc1ccnc(CN2CCCNC(C(C)C)C2)c1OC. The summed E-state index contributed by atoms with van der Waals surface area (Å²) in [7, 11) is 3.33. The molecule has 1 fully saturated rings. The first-order valence-electron chi connectivity index (χ1n) is 7.67. The van der Waals surface area contributed by atoms with Crippen molar-refractivity contribution in [3.8, 4) is 11.5 Å². The molecule has 0 amide bonds. The number of rotatable bonds is 5. The van der Waals surface area contributed by atoms with Gasteiger partial charge in [0.25, 0.3) is 0 Å². The van der Waals surface area contributed by atoms with E-state index in [2.05, 4.69) is 29.0 Å². The predicted molar refractivity (Wildman–Crippen MR) is 83.9 cm³/mol. The van der Waals surface area contributed by atoms with Gasteiger partial charge in [0.15, 0.2) is 11.5 Å². The first-order valence-corrected chi connectivity index (χ1v) is 7.67. The van der Waals surface area contributed by atoms with Crippen LogP contribution in [-0.2, 0) is 6.54 Å². The molecule has 0 aromatic carbocycles. The molecular weight excluding hydrogens is 266 g/mol. The summed E-state index contributed by atoms with van der Waals surface area (Å²) in [5.74, 6) is 2.12. The average Bonchev–Trinajstić information content (AvgIpc) is 2.72. The standard InChI is InChI=1S/C16H27N3O2/c1-12(2)13-10-19(9-5-7-17-13)11-14-16(21-4)15(20-3)6-8-18-14/h6,8,12-13,17H,5,7,9-11H2,1-4H3. The molecule has 118 valence electrons. The molecule has 0 saturated carbocycles. The van der Waals surface area contributed by atoms with Gasteiger partial charge < -0.3 is 14.8 Å². The van der Waals surface area contributed by atoms with Crippen LogP contribution in [0.5, 0.6) is 11.5 Å². The molecule has 1 N–H and O–H groups in total. The van der Waals surface area contributed by atoms with E-state index in [-0.39, 0.29) is 0 Å². The number of hydrogen-bond acceptors (Lipinski definition) is 5. The number of methoxy groups -OCH3 is 2. The fraction of sp³-hybridized carbons (Fsp3) is 0.688. The Morgan fingerprint density at radius 3 is 2.86 bits per heavy atom. The van der Waals surface area contributed by atoms with E-state index in [0.29, 0.717) is 12.0 Å². The van der Waals surface area contributed by atoms with Crippen molar-refractivity contribution in [3.63, 3.8) is 0 Å². The summed E-state index contributed by atoms with van der Waals surface area (Å²) >= 11 is 0. The van der Waals surface area contributed by atoms with Crippen LogP contribution in [0.3, 0.4) is 0 Å². The molecule has 1 atom stereocenters. The summed E-state index contributed by atoms with van der Waals surface area (Å²) in [6.07, 6.45) is 2.95. The molecule has 21 heavy (non-hydrogen) atoms. The highest BCUT2D eigenvalue weighted by Crippen LogP contribution is 2.30. The summed E-state index contributed by atoms with van der Waals surface area (Å²) < 4.78 is 10.8. The van der Waals surface area contributed by atoms with Gasteiger partial charge >= 0.3 is 0 Å². The van der Waals surface area contributed by atoms with Gasteiger partial charge in [-0.2, -0.15) is 0 Å². The summed E-state index contributed by atoms with van der Waals surface area (Å²) in [6.45, 7) is 8.54. The monoisotopic (exact) mass is 293 g/mol. The van der Waals surface area contributed by atoms with Crippen LogP contribution in [0.4, 0.5) is 0 Å². The Balaban J connectivity index is 2.13. The van der Waals surface area contributed by atoms with Gasteiger partial charge in [-0.05, 0) is 25.4 Å². The molecule has 0 spiro atoms. The average molecular weight is 293 g/mol. The summed E-state index contributed by atoms with van der Waals surface area (Å²) in [6, 6.07) is 2.37. The minimum Gasteiger partial charge on any atom is -0.493 e. The molecule has 1 aliphatic heterocycles. The van der Waals surface area contributed by atoms with Crippen molar-refractivity contribution in [2.75, 3.05) is 33.9 Å². The molecule has 0 radical (unpaired) electrons. The van der Waals surface area contributed by atoms with E-state index >= 15 is 0 Å². The van der Waals surface area contributed by atoms with E-state index in [1.807, 2.05) is 6.07 Å². The zero-order valence-corrected chi connectivity index (χ0v) is 13.6. The van der Waals surface area contributed by atoms with Crippen molar-refractivity contribution < 1.29 is 9.47 Å². The Labute approximate surface area is 127 Å². The summed E-state index contributed by atoms with van der Waals surface area (Å²) in [5, 5.41) is 3.63. The van der Waals surface area contributed by atoms with Crippen molar-refractivity contribution in [1.82, 2.24) is 15.2 Å². The predicted octanol–water partition coefficient (Wildman–Crippen LogP) is 1.92. The quantitative estimate of drug-likeness (QED) is 0.898. The van der Waals surface area contributed by atoms with Crippen LogP contribution in [0.2, 0.25) is 0 Å². The fourth-order valence-corrected chi connectivity index (χ4v) is 2.79. The van der Waals surface area contributed by atoms with Gasteiger partial charge in [-0.1, -0.05) is 13.8 Å². The van der Waals surface area contributed by atoms with Crippen molar-refractivity contribution in [1.29, 1.82) is 0 Å². The Kier molecular flexibility index (Phi) is 5.82. The van der Waals surface area contributed by atoms with E-state index in [9.17, 15) is 0 Å². The van der Waals surface area contributed by atoms with Gasteiger partial charge in [0, 0.05) is 31.4 Å². The van der Waals surface area contributed by atoms with E-state index in [4.69, 9.17) is 9.47 Å². The fourth-order valence-electron chi connectivity index (χ4n) is 2.79. The normalized spacial score (nSPS) is 20.3. The molecule has 0 bridgehead atoms. The number of pyridine rings is 1. The topological polar surface area (TPSA) is 46.6 Å². The van der Waals surface area contributed by atoms with E-state index in [0.717, 1.165) is 49.8 Å². The van der Waals surface area contributed by atoms with Gasteiger partial charge in [-0.25, -0.2) is 0 Å². The van der Waals surface area contributed by atoms with E-state index in [1.54, 1.807) is 20.4 Å². The van der Waals surface area contributed by atoms with Crippen LogP contribution < -0.4 is 14.8 Å². The van der Waals surface area contributed by atoms with Crippen LogP contribution in [0.25, 0.3) is 0 Å². The first kappa shape index (κ1) is 16.0. The van der Waals surface area contributed by atoms with Crippen molar-refractivity contribution in [2.45, 2.75) is 32.9 Å². The van der Waals surface area contributed by atoms with E-state index in [1.165, 1.54) is 0 Å². The minimum absolute atomic E-state index is 0.532. The van der Waals surface area contributed by atoms with E-state index < -0.39 is 0 Å². The lowest BCUT2D eigenvalue weighted by Crippen LogP contribution is -2.41. The molecule has 5 nitrogen and oxygen atoms in total. The second kappa shape index (κ2) is 7.61. The highest BCUT2D eigenvalue weighted by atomic mass is 16.5. The molecule has 5 heteroatoms. The minimum atomic E-state index is 0.532. The Bertz CT molecular complexity index is 451. The molecule has 0 aliphatic carbocycles. The number of nitrogens with zero attached hydrogens (tertiary/aromatic N) is 2. The molecule has 2 heterocycles. The number of aromatic nitrogens is 1. The van der Waals surface area contributed by atoms with Gasteiger partial charge in [-0.15, -0.1) is 0 Å². The third-order valence-electron chi connectivity index (χ3n) is 4.06. The van der Waals surface area contributed by atoms with Gasteiger partial charge in [0.05, 0.1) is 14.2 Å². The maximum absolute atomic E-state index is 5.48. The highest BCUT2D eigenvalue weighted by molar-refractivity contribution is 5.42. The summed E-state index contributed by atoms with van der Waals surface area (Å²) in [5.41, 5.74) is 0.946. The maximum atomic E-state index is 5.48. The third-order valence-corrected chi connectivity index (χ3v) is 4.06. The molecule has 1 saturated heterocycles. The first-order chi connectivity index (χ1) is 10.2. The lowest BCUT2D eigenvalue weighted by atomic mass is 10.0. The lowest BCUT2D eigenvalue weighted by Gasteiger charge is -2.27. The second-order valence-electron chi connectivity index (χ2n) is 5.89. The number of nitrogens with one attached hydrogen (secondary N) is 1. The second-order valence-corrected chi connectivity index (χ2v) is 5.89. The van der Waals surface area contributed by atoms with Crippen LogP contribution >= 0.6 is 0 Å². The van der Waals surface area contributed by atoms with Crippen LogP contribution in [0.1, 0.15) is 26.0 Å². The Morgan fingerprint density at radius 2 is 2.19 bits per heavy atom. The van der Waals surface area contributed by atoms with Gasteiger partial charge in [-0.3, -0.25) is 9.88 Å². The maximum Gasteiger partial charge on any atom is 0.183 e. The molecule has 2 rings (SSSR count). The molecule has 1 aromatic heterocycles. The largest absolute Gasteiger partial charge is 0.493 e. The van der Waals surface area contributed by atoms with Crippen LogP contribution in [-0.4, -0.2) is 49.8 Å². The molecule has 1 aromatic rings. The lowest BCUT2D eigenvalue weighted by molar-refractivity contribution is 0.231. The Morgan fingerprint density at radius 1 is 1.38 bits per heavy atom. The van der Waals surface area contributed by atoms with Gasteiger partial charge in [0.1, 0.15) is 5.69 Å². The van der Waals surface area contributed by atoms with Crippen molar-refractivity contribution in [3.05, 3.63) is 18.0 Å². The number of ether oxygens (including phenoxy) is 2. The van der Waals surface area contributed by atoms with Crippen molar-refractivity contribution in [2.24, 2.45) is 5.92 Å². The van der Waals surface area contributed by atoms with Gasteiger partial charge in [0.2, 0.25) is 0 Å². The molecular formula is C16H27N3O2. The Hall–Kier alpha value is -1.33. The smallest absolute Gasteiger partial charge is 0.183 e. The summed E-state index contributed by atoms with van der Waals surface area (Å²) in [4.78, 5) is 6.94. The zero-order chi connectivity index (χ0) is 15.2. The zero-order valence-electron chi connectivity index (χ0n) is 13.6. The van der Waals surface area contributed by atoms with Crippen molar-refractivity contribution >= 4 is 0 Å². The highest BCUT2D eigenvalue weighted by Gasteiger charge is 2.22. The molecule has 1 unspecified atom stereocenters. The number of hydrogen-bond donors (Lipinski definition) is 1. The van der Waals surface area contributed by atoms with Crippen LogP contribution in [0.15, 0.2) is 12.3 Å². The molecule has 1 aliphatic rings. The third kappa shape index (κ3) is 4.08. The van der Waals surface area contributed by atoms with Crippen LogP contribution in [0, 0.1) is 5.92 Å².